The number of hydrogen-bond acceptors (Lipinski definition) is 2. The summed E-state index contributed by atoms with van der Waals surface area (Å²) in [7, 11) is 0. The highest BCUT2D eigenvalue weighted by Gasteiger charge is 2.12. The first-order valence-corrected chi connectivity index (χ1v) is 4.54. The Morgan fingerprint density at radius 2 is 2.23 bits per heavy atom. The maximum atomic E-state index is 12.2. The zero-order valence-corrected chi connectivity index (χ0v) is 8.64. The van der Waals surface area contributed by atoms with Gasteiger partial charge in [0.25, 0.3) is 6.43 Å². The van der Waals surface area contributed by atoms with Crippen molar-refractivity contribution in [3.8, 4) is 0 Å². The van der Waals surface area contributed by atoms with Gasteiger partial charge < -0.3 is 10.7 Å². The molecule has 3 nitrogen and oxygen atoms in total. The molecule has 13 heavy (non-hydrogen) atoms. The lowest BCUT2D eigenvalue weighted by Crippen LogP contribution is -2.17. The average molecular weight is 300 g/mol. The second kappa shape index (κ2) is 4.14. The van der Waals surface area contributed by atoms with Gasteiger partial charge in [-0.3, -0.25) is 4.79 Å². The minimum atomic E-state index is -2.66. The predicted octanol–water partition coefficient (Wildman–Crippen LogP) is 1.38. The maximum absolute atomic E-state index is 12.2. The smallest absolute Gasteiger partial charge is 0.278 e. The number of alkyl halides is 2. The molecule has 3 N–H and O–H groups in total. The van der Waals surface area contributed by atoms with E-state index in [4.69, 9.17) is 5.73 Å². The molecule has 0 atom stereocenters. The Labute approximate surface area is 86.5 Å². The molecule has 0 unspecified atom stereocenters. The summed E-state index contributed by atoms with van der Waals surface area (Å²) in [6, 6.07) is 0.884. The summed E-state index contributed by atoms with van der Waals surface area (Å²) in [6.07, 6.45) is -2.66. The molecule has 0 aliphatic carbocycles. The van der Waals surface area contributed by atoms with Gasteiger partial charge in [-0.1, -0.05) is 0 Å². The van der Waals surface area contributed by atoms with Crippen LogP contribution in [0.3, 0.4) is 0 Å². The third-order valence-electron chi connectivity index (χ3n) is 1.54. The van der Waals surface area contributed by atoms with Crippen LogP contribution in [0.2, 0.25) is 0 Å². The fourth-order valence-corrected chi connectivity index (χ4v) is 1.68. The van der Waals surface area contributed by atoms with Crippen molar-refractivity contribution >= 4 is 22.6 Å². The SMILES string of the molecule is NCc1c(I)[nH]c(C(F)F)cc1=O. The number of pyridine rings is 1. The van der Waals surface area contributed by atoms with Crippen LogP contribution in [0.1, 0.15) is 17.7 Å². The minimum Gasteiger partial charge on any atom is -0.349 e. The first-order chi connectivity index (χ1) is 6.06. The van der Waals surface area contributed by atoms with E-state index in [0.717, 1.165) is 6.07 Å². The molecule has 0 spiro atoms. The fourth-order valence-electron chi connectivity index (χ4n) is 0.883. The highest BCUT2D eigenvalue weighted by molar-refractivity contribution is 14.1. The molecule has 1 aromatic rings. The Balaban J connectivity index is 3.29. The molecule has 1 aromatic heterocycles. The molecular weight excluding hydrogens is 293 g/mol. The van der Waals surface area contributed by atoms with Gasteiger partial charge in [-0.25, -0.2) is 8.78 Å². The normalized spacial score (nSPS) is 10.8. The van der Waals surface area contributed by atoms with Gasteiger partial charge in [0.05, 0.1) is 9.39 Å². The van der Waals surface area contributed by atoms with Crippen molar-refractivity contribution in [3.63, 3.8) is 0 Å². The van der Waals surface area contributed by atoms with E-state index in [1.807, 2.05) is 0 Å². The van der Waals surface area contributed by atoms with E-state index in [9.17, 15) is 13.6 Å². The number of nitrogens with one attached hydrogen (secondary N) is 1. The third kappa shape index (κ3) is 2.25. The lowest BCUT2D eigenvalue weighted by atomic mass is 10.2. The summed E-state index contributed by atoms with van der Waals surface area (Å²) in [5, 5.41) is 0. The molecule has 0 saturated heterocycles. The molecule has 0 aliphatic rings. The summed E-state index contributed by atoms with van der Waals surface area (Å²) >= 11 is 1.78. The van der Waals surface area contributed by atoms with Crippen LogP contribution >= 0.6 is 22.6 Å². The van der Waals surface area contributed by atoms with Crippen LogP contribution in [0.4, 0.5) is 8.78 Å². The van der Waals surface area contributed by atoms with Gasteiger partial charge in [-0.15, -0.1) is 0 Å². The number of H-pyrrole nitrogens is 1. The zero-order valence-electron chi connectivity index (χ0n) is 6.48. The molecule has 6 heteroatoms. The molecule has 0 bridgehead atoms. The van der Waals surface area contributed by atoms with Gasteiger partial charge in [-0.05, 0) is 22.6 Å². The molecular formula is C7H7F2IN2O. The Bertz CT molecular complexity index is 364. The Morgan fingerprint density at radius 1 is 1.62 bits per heavy atom. The highest BCUT2D eigenvalue weighted by atomic mass is 127. The number of rotatable bonds is 2. The monoisotopic (exact) mass is 300 g/mol. The van der Waals surface area contributed by atoms with Gasteiger partial charge in [0.1, 0.15) is 0 Å². The maximum Gasteiger partial charge on any atom is 0.278 e. The van der Waals surface area contributed by atoms with Crippen molar-refractivity contribution in [1.29, 1.82) is 0 Å². The van der Waals surface area contributed by atoms with E-state index in [1.54, 1.807) is 22.6 Å². The quantitative estimate of drug-likeness (QED) is 0.640. The van der Waals surface area contributed by atoms with E-state index in [-0.39, 0.29) is 12.2 Å². The number of nitrogens with two attached hydrogens (primary N) is 1. The molecule has 0 amide bonds. The predicted molar refractivity (Wildman–Crippen MR) is 52.6 cm³/mol. The lowest BCUT2D eigenvalue weighted by molar-refractivity contribution is 0.145. The summed E-state index contributed by atoms with van der Waals surface area (Å²) in [4.78, 5) is 13.6. The Morgan fingerprint density at radius 3 is 2.62 bits per heavy atom. The summed E-state index contributed by atoms with van der Waals surface area (Å²) in [6.45, 7) is 0.0527. The Hall–Kier alpha value is -0.500. The molecule has 1 heterocycles. The van der Waals surface area contributed by atoms with Crippen LogP contribution in [0.5, 0.6) is 0 Å². The van der Waals surface area contributed by atoms with Crippen molar-refractivity contribution in [2.45, 2.75) is 13.0 Å². The van der Waals surface area contributed by atoms with Crippen LogP contribution < -0.4 is 11.2 Å². The van der Waals surface area contributed by atoms with Gasteiger partial charge in [-0.2, -0.15) is 0 Å². The van der Waals surface area contributed by atoms with Crippen molar-refractivity contribution in [2.24, 2.45) is 5.73 Å². The van der Waals surface area contributed by atoms with Crippen LogP contribution in [-0.4, -0.2) is 4.98 Å². The van der Waals surface area contributed by atoms with Gasteiger partial charge in [0.2, 0.25) is 0 Å². The molecule has 0 saturated carbocycles. The van der Waals surface area contributed by atoms with E-state index in [1.165, 1.54) is 0 Å². The topological polar surface area (TPSA) is 58.9 Å². The number of aromatic amines is 1. The standard InChI is InChI=1S/C7H7F2IN2O/c8-6(9)4-1-5(13)3(2-11)7(10)12-4/h1,6H,2,11H2,(H,12,13). The molecule has 1 rings (SSSR count). The molecule has 0 aliphatic heterocycles. The summed E-state index contributed by atoms with van der Waals surface area (Å²) < 4.78 is 24.7. The zero-order chi connectivity index (χ0) is 10.0. The van der Waals surface area contributed by atoms with Gasteiger partial charge >= 0.3 is 0 Å². The number of aromatic nitrogens is 1. The second-order valence-corrected chi connectivity index (χ2v) is 3.47. The van der Waals surface area contributed by atoms with Crippen LogP contribution in [-0.2, 0) is 6.54 Å². The summed E-state index contributed by atoms with van der Waals surface area (Å²) in [5.41, 5.74) is 4.79. The van der Waals surface area contributed by atoms with Crippen LogP contribution in [0.15, 0.2) is 10.9 Å². The molecule has 0 fully saturated rings. The van der Waals surface area contributed by atoms with Gasteiger partial charge in [0.15, 0.2) is 5.43 Å². The van der Waals surface area contributed by atoms with Crippen LogP contribution in [0, 0.1) is 3.70 Å². The second-order valence-electron chi connectivity index (χ2n) is 2.39. The lowest BCUT2D eigenvalue weighted by Gasteiger charge is -2.04. The van der Waals surface area contributed by atoms with E-state index < -0.39 is 11.9 Å². The van der Waals surface area contributed by atoms with Crippen LogP contribution in [0.25, 0.3) is 0 Å². The van der Waals surface area contributed by atoms with Crippen molar-refractivity contribution in [2.75, 3.05) is 0 Å². The molecule has 0 radical (unpaired) electrons. The minimum absolute atomic E-state index is 0.0527. The van der Waals surface area contributed by atoms with Crippen molar-refractivity contribution in [1.82, 2.24) is 4.98 Å². The third-order valence-corrected chi connectivity index (χ3v) is 2.46. The van der Waals surface area contributed by atoms with E-state index in [0.29, 0.717) is 9.26 Å². The first-order valence-electron chi connectivity index (χ1n) is 3.46. The van der Waals surface area contributed by atoms with Crippen molar-refractivity contribution in [3.05, 3.63) is 31.2 Å². The number of halogens is 3. The highest BCUT2D eigenvalue weighted by Crippen LogP contribution is 2.16. The summed E-state index contributed by atoms with van der Waals surface area (Å²) in [5.74, 6) is 0. The average Bonchev–Trinajstić information content (AvgIpc) is 2.03. The molecule has 0 aromatic carbocycles. The Kier molecular flexibility index (Phi) is 3.37. The largest absolute Gasteiger partial charge is 0.349 e. The number of hydrogen-bond donors (Lipinski definition) is 2. The van der Waals surface area contributed by atoms with E-state index in [2.05, 4.69) is 4.98 Å². The molecule has 72 valence electrons. The fraction of sp³-hybridized carbons (Fsp3) is 0.286. The first kappa shape index (κ1) is 10.6. The van der Waals surface area contributed by atoms with Gasteiger partial charge in [0, 0.05) is 18.2 Å². The van der Waals surface area contributed by atoms with E-state index >= 15 is 0 Å². The van der Waals surface area contributed by atoms with Crippen molar-refractivity contribution < 1.29 is 8.78 Å².